The van der Waals surface area contributed by atoms with E-state index >= 15 is 0 Å². The normalized spacial score (nSPS) is 11.5. The second-order valence-corrected chi connectivity index (χ2v) is 7.78. The van der Waals surface area contributed by atoms with Crippen LogP contribution in [-0.2, 0) is 4.74 Å². The molecule has 0 aliphatic heterocycles. The molecule has 4 rings (SSSR count). The highest BCUT2D eigenvalue weighted by molar-refractivity contribution is 8.03. The standard InChI is InChI=1S/C25H19N3O2S/c26-16-31-18-11-12-24(27)17(14-18)6-5-13-28-25(29)30-15-23-21-9-3-1-7-19(21)20-8-2-4-10-22(20)23/h1-4,7-12,14,23H,13,15,27H2,(H,28,29). The highest BCUT2D eigenvalue weighted by Crippen LogP contribution is 2.44. The van der Waals surface area contributed by atoms with E-state index < -0.39 is 6.09 Å². The minimum atomic E-state index is -0.516. The molecule has 3 N–H and O–H groups in total. The molecule has 0 unspecified atom stereocenters. The third-order valence-corrected chi connectivity index (χ3v) is 5.66. The van der Waals surface area contributed by atoms with Crippen LogP contribution in [0.3, 0.4) is 0 Å². The van der Waals surface area contributed by atoms with Crippen molar-refractivity contribution in [3.05, 3.63) is 83.4 Å². The molecular formula is C25H19N3O2S. The fourth-order valence-electron chi connectivity index (χ4n) is 3.67. The number of nitrogen functional groups attached to an aromatic ring is 1. The summed E-state index contributed by atoms with van der Waals surface area (Å²) in [5, 5.41) is 13.4. The van der Waals surface area contributed by atoms with Crippen LogP contribution in [0.1, 0.15) is 22.6 Å². The molecule has 1 amide bonds. The van der Waals surface area contributed by atoms with Crippen molar-refractivity contribution in [1.29, 1.82) is 5.26 Å². The zero-order chi connectivity index (χ0) is 21.6. The van der Waals surface area contributed by atoms with Crippen molar-refractivity contribution < 1.29 is 9.53 Å². The molecule has 0 spiro atoms. The number of anilines is 1. The van der Waals surface area contributed by atoms with Gasteiger partial charge in [0.25, 0.3) is 0 Å². The number of nitrogens with one attached hydrogen (secondary N) is 1. The van der Waals surface area contributed by atoms with Crippen LogP contribution >= 0.6 is 11.8 Å². The molecule has 3 aromatic rings. The number of thiocyanates is 1. The summed E-state index contributed by atoms with van der Waals surface area (Å²) in [6, 6.07) is 21.6. The highest BCUT2D eigenvalue weighted by Gasteiger charge is 2.28. The van der Waals surface area contributed by atoms with Gasteiger partial charge in [0.2, 0.25) is 0 Å². The van der Waals surface area contributed by atoms with Crippen molar-refractivity contribution in [2.45, 2.75) is 10.8 Å². The maximum absolute atomic E-state index is 12.2. The Labute approximate surface area is 185 Å². The molecule has 3 aromatic carbocycles. The highest BCUT2D eigenvalue weighted by atomic mass is 32.2. The Hall–Kier alpha value is -3.87. The SMILES string of the molecule is N#CSc1ccc(N)c(C#CCNC(=O)OCC2c3ccccc3-c3ccccc32)c1. The van der Waals surface area contributed by atoms with E-state index in [1.54, 1.807) is 18.2 Å². The topological polar surface area (TPSA) is 88.1 Å². The summed E-state index contributed by atoms with van der Waals surface area (Å²) in [7, 11) is 0. The number of rotatable bonds is 4. The first-order valence-corrected chi connectivity index (χ1v) is 10.5. The van der Waals surface area contributed by atoms with Crippen LogP contribution in [0.5, 0.6) is 0 Å². The molecule has 152 valence electrons. The van der Waals surface area contributed by atoms with Crippen LogP contribution in [0, 0.1) is 22.5 Å². The molecule has 0 atom stereocenters. The number of amides is 1. The summed E-state index contributed by atoms with van der Waals surface area (Å²) in [6.07, 6.45) is -0.516. The Morgan fingerprint density at radius 2 is 1.74 bits per heavy atom. The van der Waals surface area contributed by atoms with Crippen molar-refractivity contribution in [2.75, 3.05) is 18.9 Å². The number of nitriles is 1. The van der Waals surface area contributed by atoms with E-state index in [4.69, 9.17) is 15.7 Å². The number of carbonyl (C=O) groups excluding carboxylic acids is 1. The largest absolute Gasteiger partial charge is 0.449 e. The number of benzene rings is 3. The molecule has 0 aromatic heterocycles. The Bertz CT molecular complexity index is 1190. The Kier molecular flexibility index (Phi) is 6.12. The fraction of sp³-hybridized carbons (Fsp3) is 0.120. The van der Waals surface area contributed by atoms with Crippen molar-refractivity contribution in [3.63, 3.8) is 0 Å². The van der Waals surface area contributed by atoms with Gasteiger partial charge in [-0.1, -0.05) is 60.4 Å². The Morgan fingerprint density at radius 3 is 2.42 bits per heavy atom. The average molecular weight is 426 g/mol. The lowest BCUT2D eigenvalue weighted by atomic mass is 9.98. The molecule has 0 fully saturated rings. The van der Waals surface area contributed by atoms with Crippen LogP contribution < -0.4 is 11.1 Å². The van der Waals surface area contributed by atoms with Crippen LogP contribution in [0.2, 0.25) is 0 Å². The molecule has 6 heteroatoms. The van der Waals surface area contributed by atoms with Crippen LogP contribution in [-0.4, -0.2) is 19.2 Å². The molecule has 0 saturated carbocycles. The Morgan fingerprint density at radius 1 is 1.06 bits per heavy atom. The zero-order valence-electron chi connectivity index (χ0n) is 16.6. The summed E-state index contributed by atoms with van der Waals surface area (Å²) >= 11 is 1.04. The maximum Gasteiger partial charge on any atom is 0.407 e. The number of nitrogens with zero attached hydrogens (tertiary/aromatic N) is 1. The lowest BCUT2D eigenvalue weighted by molar-refractivity contribution is 0.144. The number of nitrogens with two attached hydrogens (primary N) is 1. The third kappa shape index (κ3) is 4.50. The van der Waals surface area contributed by atoms with Gasteiger partial charge in [0.05, 0.1) is 6.54 Å². The summed E-state index contributed by atoms with van der Waals surface area (Å²) in [5.74, 6) is 5.81. The molecule has 5 nitrogen and oxygen atoms in total. The van der Waals surface area contributed by atoms with Gasteiger partial charge in [-0.15, -0.1) is 0 Å². The molecule has 0 bridgehead atoms. The minimum absolute atomic E-state index is 0.0180. The van der Waals surface area contributed by atoms with Gasteiger partial charge in [-0.2, -0.15) is 5.26 Å². The van der Waals surface area contributed by atoms with E-state index in [1.165, 1.54) is 22.3 Å². The molecule has 0 radical (unpaired) electrons. The summed E-state index contributed by atoms with van der Waals surface area (Å²) in [6.45, 7) is 0.388. The van der Waals surface area contributed by atoms with Crippen molar-refractivity contribution in [3.8, 4) is 28.4 Å². The first-order chi connectivity index (χ1) is 15.2. The number of fused-ring (bicyclic) bond motifs is 3. The van der Waals surface area contributed by atoms with Crippen LogP contribution in [0.25, 0.3) is 11.1 Å². The smallest absolute Gasteiger partial charge is 0.407 e. The van der Waals surface area contributed by atoms with Crippen molar-refractivity contribution in [1.82, 2.24) is 5.32 Å². The molecule has 0 saturated heterocycles. The lowest BCUT2D eigenvalue weighted by Gasteiger charge is -2.14. The van der Waals surface area contributed by atoms with Gasteiger partial charge >= 0.3 is 6.09 Å². The predicted molar refractivity (Wildman–Crippen MR) is 122 cm³/mol. The van der Waals surface area contributed by atoms with Crippen LogP contribution in [0.15, 0.2) is 71.6 Å². The number of hydrogen-bond acceptors (Lipinski definition) is 5. The number of carbonyl (C=O) groups is 1. The lowest BCUT2D eigenvalue weighted by Crippen LogP contribution is -2.26. The van der Waals surface area contributed by atoms with Gasteiger partial charge in [0.15, 0.2) is 0 Å². The van der Waals surface area contributed by atoms with E-state index in [0.29, 0.717) is 11.3 Å². The van der Waals surface area contributed by atoms with Crippen molar-refractivity contribution >= 4 is 23.5 Å². The van der Waals surface area contributed by atoms with E-state index in [0.717, 1.165) is 16.7 Å². The van der Waals surface area contributed by atoms with Crippen molar-refractivity contribution in [2.24, 2.45) is 0 Å². The maximum atomic E-state index is 12.2. The van der Waals surface area contributed by atoms with E-state index in [2.05, 4.69) is 41.4 Å². The predicted octanol–water partition coefficient (Wildman–Crippen LogP) is 4.73. The third-order valence-electron chi connectivity index (χ3n) is 5.08. The van der Waals surface area contributed by atoms with Gasteiger partial charge in [-0.25, -0.2) is 4.79 Å². The molecule has 0 heterocycles. The van der Waals surface area contributed by atoms with Gasteiger partial charge in [-0.05, 0) is 52.2 Å². The molecule has 1 aliphatic carbocycles. The average Bonchev–Trinajstić information content (AvgIpc) is 3.11. The second-order valence-electron chi connectivity index (χ2n) is 6.92. The van der Waals surface area contributed by atoms with Gasteiger partial charge in [-0.3, -0.25) is 0 Å². The number of hydrogen-bond donors (Lipinski definition) is 2. The first kappa shape index (κ1) is 20.4. The summed E-state index contributed by atoms with van der Waals surface area (Å²) in [5.41, 5.74) is 11.8. The van der Waals surface area contributed by atoms with Crippen LogP contribution in [0.4, 0.5) is 10.5 Å². The van der Waals surface area contributed by atoms with E-state index in [1.807, 2.05) is 29.7 Å². The monoisotopic (exact) mass is 425 g/mol. The summed E-state index contributed by atoms with van der Waals surface area (Å²) in [4.78, 5) is 12.9. The number of thioether (sulfide) groups is 1. The van der Waals surface area contributed by atoms with Gasteiger partial charge in [0.1, 0.15) is 12.0 Å². The first-order valence-electron chi connectivity index (χ1n) is 9.70. The minimum Gasteiger partial charge on any atom is -0.449 e. The Balaban J connectivity index is 1.35. The number of ether oxygens (including phenoxy) is 1. The zero-order valence-corrected chi connectivity index (χ0v) is 17.4. The molecule has 31 heavy (non-hydrogen) atoms. The van der Waals surface area contributed by atoms with E-state index in [9.17, 15) is 4.79 Å². The quantitative estimate of drug-likeness (QED) is 0.273. The number of alkyl carbamates (subject to hydrolysis) is 1. The summed E-state index contributed by atoms with van der Waals surface area (Å²) < 4.78 is 5.48. The molecule has 1 aliphatic rings. The second kappa shape index (κ2) is 9.30. The fourth-order valence-corrected chi connectivity index (χ4v) is 4.08. The van der Waals surface area contributed by atoms with E-state index in [-0.39, 0.29) is 19.1 Å². The molecular weight excluding hydrogens is 406 g/mol. The van der Waals surface area contributed by atoms with Gasteiger partial charge < -0.3 is 15.8 Å². The van der Waals surface area contributed by atoms with Gasteiger partial charge in [0, 0.05) is 22.1 Å².